The van der Waals surface area contributed by atoms with Gasteiger partial charge >= 0.3 is 0 Å². The van der Waals surface area contributed by atoms with Crippen molar-refractivity contribution in [3.8, 4) is 0 Å². The third-order valence-corrected chi connectivity index (χ3v) is 6.65. The zero-order chi connectivity index (χ0) is 18.8. The molecule has 1 aromatic heterocycles. The number of hydrogen-bond donors (Lipinski definition) is 1. The summed E-state index contributed by atoms with van der Waals surface area (Å²) < 4.78 is 25.4. The van der Waals surface area contributed by atoms with Crippen LogP contribution in [0.1, 0.15) is 45.9 Å². The second-order valence-electron chi connectivity index (χ2n) is 7.34. The van der Waals surface area contributed by atoms with E-state index < -0.39 is 9.84 Å². The van der Waals surface area contributed by atoms with Crippen LogP contribution in [-0.4, -0.2) is 51.4 Å². The fourth-order valence-electron chi connectivity index (χ4n) is 2.67. The Balaban J connectivity index is 2.18. The van der Waals surface area contributed by atoms with Gasteiger partial charge in [-0.2, -0.15) is 0 Å². The molecule has 2 atom stereocenters. The summed E-state index contributed by atoms with van der Waals surface area (Å²) in [6, 6.07) is 0. The molecular weight excluding hydrogens is 360 g/mol. The molecule has 0 radical (unpaired) electrons. The molecule has 1 saturated heterocycles. The molecule has 0 aliphatic carbocycles. The van der Waals surface area contributed by atoms with E-state index in [1.54, 1.807) is 6.08 Å². The smallest absolute Gasteiger partial charge is 0.233 e. The summed E-state index contributed by atoms with van der Waals surface area (Å²) in [5, 5.41) is 11.6. The normalized spacial score (nSPS) is 21.0. The van der Waals surface area contributed by atoms with Crippen LogP contribution in [-0.2, 0) is 21.2 Å². The number of sulfone groups is 1. The van der Waals surface area contributed by atoms with E-state index in [1.807, 2.05) is 32.3 Å². The van der Waals surface area contributed by atoms with Crippen molar-refractivity contribution in [2.75, 3.05) is 11.5 Å². The van der Waals surface area contributed by atoms with Crippen molar-refractivity contribution in [2.45, 2.75) is 62.5 Å². The molecule has 140 valence electrons. The monoisotopic (exact) mass is 386 g/mol. The van der Waals surface area contributed by atoms with E-state index in [9.17, 15) is 13.2 Å². The first-order chi connectivity index (χ1) is 11.5. The quantitative estimate of drug-likeness (QED) is 0.591. The van der Waals surface area contributed by atoms with Crippen molar-refractivity contribution in [1.29, 1.82) is 0 Å². The average molecular weight is 387 g/mol. The minimum Gasteiger partial charge on any atom is -0.351 e. The van der Waals surface area contributed by atoms with Crippen molar-refractivity contribution >= 4 is 27.5 Å². The van der Waals surface area contributed by atoms with Gasteiger partial charge in [0.05, 0.1) is 16.8 Å². The second-order valence-corrected chi connectivity index (χ2v) is 10.9. The lowest BCUT2D eigenvalue weighted by atomic mass is 10.1. The maximum atomic E-state index is 12.3. The largest absolute Gasteiger partial charge is 0.351 e. The van der Waals surface area contributed by atoms with Gasteiger partial charge < -0.3 is 9.88 Å². The van der Waals surface area contributed by atoms with E-state index in [-0.39, 0.29) is 34.1 Å². The van der Waals surface area contributed by atoms with Gasteiger partial charge in [0.25, 0.3) is 0 Å². The van der Waals surface area contributed by atoms with Crippen LogP contribution in [0.2, 0.25) is 0 Å². The fourth-order valence-corrected chi connectivity index (χ4v) is 5.28. The average Bonchev–Trinajstić information content (AvgIpc) is 3.01. The SMILES string of the molecule is C=CCn1c(S[C@@H](C)C(=O)NC(C)(C)C)nnc1[C@@H]1CCS(=O)(=O)C1. The summed E-state index contributed by atoms with van der Waals surface area (Å²) in [5.74, 6) is 0.728. The van der Waals surface area contributed by atoms with Crippen LogP contribution >= 0.6 is 11.8 Å². The van der Waals surface area contributed by atoms with Gasteiger partial charge in [-0.15, -0.1) is 16.8 Å². The van der Waals surface area contributed by atoms with E-state index in [2.05, 4.69) is 22.1 Å². The maximum Gasteiger partial charge on any atom is 0.233 e. The van der Waals surface area contributed by atoms with Gasteiger partial charge in [-0.3, -0.25) is 4.79 Å². The number of carbonyl (C=O) groups is 1. The third-order valence-electron chi connectivity index (χ3n) is 3.80. The summed E-state index contributed by atoms with van der Waals surface area (Å²) >= 11 is 1.32. The first-order valence-electron chi connectivity index (χ1n) is 8.25. The number of hydrogen-bond acceptors (Lipinski definition) is 6. The van der Waals surface area contributed by atoms with Crippen LogP contribution in [0.5, 0.6) is 0 Å². The van der Waals surface area contributed by atoms with Crippen LogP contribution in [0.15, 0.2) is 17.8 Å². The van der Waals surface area contributed by atoms with Crippen LogP contribution in [0.3, 0.4) is 0 Å². The summed E-state index contributed by atoms with van der Waals surface area (Å²) in [7, 11) is -3.00. The number of amides is 1. The zero-order valence-electron chi connectivity index (χ0n) is 15.2. The maximum absolute atomic E-state index is 12.3. The van der Waals surface area contributed by atoms with E-state index in [0.717, 1.165) is 0 Å². The molecule has 7 nitrogen and oxygen atoms in total. The van der Waals surface area contributed by atoms with Gasteiger partial charge in [-0.05, 0) is 34.1 Å². The highest BCUT2D eigenvalue weighted by molar-refractivity contribution is 8.00. The molecule has 2 heterocycles. The van der Waals surface area contributed by atoms with Gasteiger partial charge in [0.1, 0.15) is 5.82 Å². The highest BCUT2D eigenvalue weighted by Crippen LogP contribution is 2.31. The molecule has 1 aliphatic rings. The highest BCUT2D eigenvalue weighted by Gasteiger charge is 2.33. The molecule has 1 N–H and O–H groups in total. The summed E-state index contributed by atoms with van der Waals surface area (Å²) in [4.78, 5) is 12.3. The number of carbonyl (C=O) groups excluding carboxylic acids is 1. The van der Waals surface area contributed by atoms with Crippen LogP contribution in [0.25, 0.3) is 0 Å². The predicted molar refractivity (Wildman–Crippen MR) is 99.4 cm³/mol. The summed E-state index contributed by atoms with van der Waals surface area (Å²) in [6.45, 7) is 11.8. The van der Waals surface area contributed by atoms with Crippen molar-refractivity contribution in [3.05, 3.63) is 18.5 Å². The van der Waals surface area contributed by atoms with E-state index in [4.69, 9.17) is 0 Å². The minimum absolute atomic E-state index is 0.0735. The van der Waals surface area contributed by atoms with Crippen LogP contribution in [0.4, 0.5) is 0 Å². The predicted octanol–water partition coefficient (Wildman–Crippen LogP) is 1.76. The van der Waals surface area contributed by atoms with Gasteiger partial charge in [0.2, 0.25) is 5.91 Å². The first kappa shape index (κ1) is 20.0. The molecule has 25 heavy (non-hydrogen) atoms. The van der Waals surface area contributed by atoms with E-state index in [0.29, 0.717) is 23.9 Å². The highest BCUT2D eigenvalue weighted by atomic mass is 32.2. The third kappa shape index (κ3) is 5.31. The molecule has 0 spiro atoms. The number of allylic oxidation sites excluding steroid dienone is 1. The molecule has 1 fully saturated rings. The van der Waals surface area contributed by atoms with Crippen molar-refractivity contribution in [3.63, 3.8) is 0 Å². The van der Waals surface area contributed by atoms with Gasteiger partial charge in [-0.1, -0.05) is 17.8 Å². The molecule has 9 heteroatoms. The topological polar surface area (TPSA) is 93.9 Å². The fraction of sp³-hybridized carbons (Fsp3) is 0.688. The number of nitrogens with zero attached hydrogens (tertiary/aromatic N) is 3. The lowest BCUT2D eigenvalue weighted by Crippen LogP contribution is -2.44. The molecule has 0 aromatic carbocycles. The molecular formula is C16H26N4O3S2. The molecule has 0 saturated carbocycles. The Morgan fingerprint density at radius 2 is 2.16 bits per heavy atom. The van der Waals surface area contributed by atoms with Crippen molar-refractivity contribution < 1.29 is 13.2 Å². The number of aromatic nitrogens is 3. The Bertz CT molecular complexity index is 750. The Kier molecular flexibility index (Phi) is 5.98. The molecule has 2 rings (SSSR count). The first-order valence-corrected chi connectivity index (χ1v) is 11.0. The molecule has 1 amide bonds. The number of rotatable bonds is 6. The second kappa shape index (κ2) is 7.49. The van der Waals surface area contributed by atoms with E-state index >= 15 is 0 Å². The van der Waals surface area contributed by atoms with Crippen LogP contribution < -0.4 is 5.32 Å². The number of nitrogens with one attached hydrogen (secondary N) is 1. The standard InChI is InChI=1S/C16H26N4O3S2/c1-6-8-20-13(12-7-9-25(22,23)10-12)18-19-15(20)24-11(2)14(21)17-16(3,4)5/h6,11-12H,1,7-10H2,2-5H3,(H,17,21)/t11-,12+/m0/s1. The lowest BCUT2D eigenvalue weighted by Gasteiger charge is -2.23. The van der Waals surface area contributed by atoms with Crippen molar-refractivity contribution in [1.82, 2.24) is 20.1 Å². The molecule has 1 aliphatic heterocycles. The summed E-state index contributed by atoms with van der Waals surface area (Å²) in [6.07, 6.45) is 2.28. The lowest BCUT2D eigenvalue weighted by molar-refractivity contribution is -0.121. The zero-order valence-corrected chi connectivity index (χ0v) is 16.8. The van der Waals surface area contributed by atoms with Crippen LogP contribution in [0, 0.1) is 0 Å². The minimum atomic E-state index is -3.00. The Hall–Kier alpha value is -1.35. The van der Waals surface area contributed by atoms with Gasteiger partial charge in [-0.25, -0.2) is 8.42 Å². The van der Waals surface area contributed by atoms with Crippen molar-refractivity contribution in [2.24, 2.45) is 0 Å². The Labute approximate surface area is 153 Å². The molecule has 0 unspecified atom stereocenters. The van der Waals surface area contributed by atoms with Gasteiger partial charge in [0, 0.05) is 18.0 Å². The molecule has 1 aromatic rings. The number of thioether (sulfide) groups is 1. The van der Waals surface area contributed by atoms with E-state index in [1.165, 1.54) is 11.8 Å². The molecule has 0 bridgehead atoms. The summed E-state index contributed by atoms with van der Waals surface area (Å²) in [5.41, 5.74) is -0.302. The Morgan fingerprint density at radius 3 is 2.68 bits per heavy atom. The van der Waals surface area contributed by atoms with Gasteiger partial charge in [0.15, 0.2) is 15.0 Å². The Morgan fingerprint density at radius 1 is 1.48 bits per heavy atom.